The van der Waals surface area contributed by atoms with E-state index in [1.54, 1.807) is 11.3 Å². The number of carbonyl (C=O) groups is 1. The standard InChI is InChI=1S/C15H21NO4S/c1-11-8-16(9-13(20-11)12-3-6-21-10-12)14(17)7-15-18-4-2-5-19-15/h3,6,10-11,13,15H,2,4-5,7-9H2,1H3/t11-,13-/m0/s1. The minimum Gasteiger partial charge on any atom is -0.367 e. The molecule has 0 spiro atoms. The zero-order valence-corrected chi connectivity index (χ0v) is 13.0. The molecule has 0 N–H and O–H groups in total. The Balaban J connectivity index is 1.59. The molecule has 21 heavy (non-hydrogen) atoms. The molecule has 3 heterocycles. The first-order valence-corrected chi connectivity index (χ1v) is 8.35. The van der Waals surface area contributed by atoms with Crippen molar-refractivity contribution in [2.24, 2.45) is 0 Å². The molecule has 0 unspecified atom stereocenters. The summed E-state index contributed by atoms with van der Waals surface area (Å²) in [6.07, 6.45) is 0.824. The van der Waals surface area contributed by atoms with E-state index < -0.39 is 0 Å². The molecule has 3 rings (SSSR count). The first kappa shape index (κ1) is 15.0. The second-order valence-electron chi connectivity index (χ2n) is 5.52. The van der Waals surface area contributed by atoms with Gasteiger partial charge in [-0.25, -0.2) is 0 Å². The van der Waals surface area contributed by atoms with Gasteiger partial charge in [0.05, 0.1) is 32.3 Å². The molecule has 116 valence electrons. The SMILES string of the molecule is C[C@H]1CN(C(=O)CC2OCCCO2)C[C@@H](c2ccsc2)O1. The number of morpholine rings is 1. The molecule has 0 saturated carbocycles. The third-order valence-electron chi connectivity index (χ3n) is 3.77. The van der Waals surface area contributed by atoms with Crippen LogP contribution in [0.1, 0.15) is 31.4 Å². The first-order chi connectivity index (χ1) is 10.2. The smallest absolute Gasteiger partial charge is 0.227 e. The number of ether oxygens (including phenoxy) is 3. The largest absolute Gasteiger partial charge is 0.367 e. The monoisotopic (exact) mass is 311 g/mol. The van der Waals surface area contributed by atoms with Gasteiger partial charge in [-0.2, -0.15) is 11.3 Å². The van der Waals surface area contributed by atoms with Crippen molar-refractivity contribution in [1.82, 2.24) is 4.90 Å². The first-order valence-electron chi connectivity index (χ1n) is 7.41. The van der Waals surface area contributed by atoms with Gasteiger partial charge in [0.15, 0.2) is 6.29 Å². The Morgan fingerprint density at radius 1 is 1.38 bits per heavy atom. The number of carbonyl (C=O) groups excluding carboxylic acids is 1. The van der Waals surface area contributed by atoms with Gasteiger partial charge in [-0.05, 0) is 35.7 Å². The van der Waals surface area contributed by atoms with Crippen molar-refractivity contribution in [2.45, 2.75) is 38.3 Å². The van der Waals surface area contributed by atoms with Crippen molar-refractivity contribution in [3.63, 3.8) is 0 Å². The van der Waals surface area contributed by atoms with Gasteiger partial charge in [0.2, 0.25) is 5.91 Å². The van der Waals surface area contributed by atoms with Gasteiger partial charge >= 0.3 is 0 Å². The maximum Gasteiger partial charge on any atom is 0.227 e. The van der Waals surface area contributed by atoms with Crippen molar-refractivity contribution in [2.75, 3.05) is 26.3 Å². The predicted octanol–water partition coefficient (Wildman–Crippen LogP) is 2.19. The van der Waals surface area contributed by atoms with Crippen molar-refractivity contribution >= 4 is 17.2 Å². The summed E-state index contributed by atoms with van der Waals surface area (Å²) in [5, 5.41) is 4.12. The molecule has 0 bridgehead atoms. The fourth-order valence-electron chi connectivity index (χ4n) is 2.72. The summed E-state index contributed by atoms with van der Waals surface area (Å²) in [6.45, 7) is 4.59. The van der Waals surface area contributed by atoms with Gasteiger partial charge in [-0.1, -0.05) is 0 Å². The van der Waals surface area contributed by atoms with E-state index >= 15 is 0 Å². The van der Waals surface area contributed by atoms with E-state index in [-0.39, 0.29) is 24.4 Å². The van der Waals surface area contributed by atoms with Crippen LogP contribution in [0.4, 0.5) is 0 Å². The lowest BCUT2D eigenvalue weighted by molar-refractivity contribution is -0.190. The van der Waals surface area contributed by atoms with Gasteiger partial charge in [0.1, 0.15) is 6.10 Å². The van der Waals surface area contributed by atoms with Gasteiger partial charge in [0.25, 0.3) is 0 Å². The van der Waals surface area contributed by atoms with Crippen LogP contribution in [0.25, 0.3) is 0 Å². The Morgan fingerprint density at radius 2 is 2.19 bits per heavy atom. The van der Waals surface area contributed by atoms with Crippen LogP contribution in [-0.4, -0.2) is 49.5 Å². The van der Waals surface area contributed by atoms with E-state index in [9.17, 15) is 4.79 Å². The highest BCUT2D eigenvalue weighted by Gasteiger charge is 2.31. The Morgan fingerprint density at radius 3 is 2.90 bits per heavy atom. The second-order valence-corrected chi connectivity index (χ2v) is 6.30. The fourth-order valence-corrected chi connectivity index (χ4v) is 3.43. The van der Waals surface area contributed by atoms with Crippen LogP contribution in [0.15, 0.2) is 16.8 Å². The van der Waals surface area contributed by atoms with Crippen LogP contribution in [0.2, 0.25) is 0 Å². The third kappa shape index (κ3) is 3.83. The number of hydrogen-bond acceptors (Lipinski definition) is 5. The molecule has 0 aliphatic carbocycles. The molecule has 2 aliphatic rings. The summed E-state index contributed by atoms with van der Waals surface area (Å²) in [4.78, 5) is 14.3. The lowest BCUT2D eigenvalue weighted by Gasteiger charge is -2.37. The van der Waals surface area contributed by atoms with Crippen LogP contribution in [-0.2, 0) is 19.0 Å². The Labute approximate surface area is 128 Å². The van der Waals surface area contributed by atoms with E-state index in [1.165, 1.54) is 0 Å². The number of amides is 1. The fraction of sp³-hybridized carbons (Fsp3) is 0.667. The maximum absolute atomic E-state index is 12.4. The van der Waals surface area contributed by atoms with Gasteiger partial charge in [-0.3, -0.25) is 4.79 Å². The molecule has 5 nitrogen and oxygen atoms in total. The Bertz CT molecular complexity index is 458. The van der Waals surface area contributed by atoms with E-state index in [0.717, 1.165) is 12.0 Å². The number of rotatable bonds is 3. The van der Waals surface area contributed by atoms with Crippen LogP contribution in [0.5, 0.6) is 0 Å². The van der Waals surface area contributed by atoms with Gasteiger partial charge < -0.3 is 19.1 Å². The third-order valence-corrected chi connectivity index (χ3v) is 4.47. The number of nitrogens with zero attached hydrogens (tertiary/aromatic N) is 1. The van der Waals surface area contributed by atoms with Crippen LogP contribution < -0.4 is 0 Å². The Hall–Kier alpha value is -0.950. The summed E-state index contributed by atoms with van der Waals surface area (Å²) in [5.74, 6) is 0.0808. The molecule has 2 saturated heterocycles. The van der Waals surface area contributed by atoms with E-state index in [2.05, 4.69) is 11.4 Å². The second kappa shape index (κ2) is 6.87. The van der Waals surface area contributed by atoms with Crippen LogP contribution >= 0.6 is 11.3 Å². The number of thiophene rings is 1. The Kier molecular flexibility index (Phi) is 4.90. The number of hydrogen-bond donors (Lipinski definition) is 0. The normalized spacial score (nSPS) is 27.8. The average molecular weight is 311 g/mol. The maximum atomic E-state index is 12.4. The minimum absolute atomic E-state index is 0.0304. The zero-order valence-electron chi connectivity index (χ0n) is 12.2. The molecule has 1 aromatic heterocycles. The van der Waals surface area contributed by atoms with Gasteiger partial charge in [-0.15, -0.1) is 0 Å². The molecule has 2 aliphatic heterocycles. The molecule has 1 amide bonds. The van der Waals surface area contributed by atoms with Crippen LogP contribution in [0, 0.1) is 0 Å². The summed E-state index contributed by atoms with van der Waals surface area (Å²) in [6, 6.07) is 2.06. The highest BCUT2D eigenvalue weighted by atomic mass is 32.1. The highest BCUT2D eigenvalue weighted by Crippen LogP contribution is 2.27. The lowest BCUT2D eigenvalue weighted by atomic mass is 10.1. The molecule has 0 aromatic carbocycles. The molecule has 6 heteroatoms. The summed E-state index contributed by atoms with van der Waals surface area (Å²) in [5.41, 5.74) is 1.15. The topological polar surface area (TPSA) is 48.0 Å². The molecule has 2 fully saturated rings. The highest BCUT2D eigenvalue weighted by molar-refractivity contribution is 7.07. The van der Waals surface area contributed by atoms with E-state index in [0.29, 0.717) is 32.7 Å². The van der Waals surface area contributed by atoms with Crippen LogP contribution in [0.3, 0.4) is 0 Å². The summed E-state index contributed by atoms with van der Waals surface area (Å²) in [7, 11) is 0. The summed E-state index contributed by atoms with van der Waals surface area (Å²) < 4.78 is 16.9. The molecule has 2 atom stereocenters. The predicted molar refractivity (Wildman–Crippen MR) is 79.1 cm³/mol. The van der Waals surface area contributed by atoms with E-state index in [1.807, 2.05) is 17.2 Å². The van der Waals surface area contributed by atoms with Gasteiger partial charge in [0, 0.05) is 6.54 Å². The lowest BCUT2D eigenvalue weighted by Crippen LogP contribution is -2.47. The van der Waals surface area contributed by atoms with E-state index in [4.69, 9.17) is 14.2 Å². The molecule has 1 aromatic rings. The summed E-state index contributed by atoms with van der Waals surface area (Å²) >= 11 is 1.65. The van der Waals surface area contributed by atoms with Crippen molar-refractivity contribution < 1.29 is 19.0 Å². The average Bonchev–Trinajstić information content (AvgIpc) is 3.02. The quantitative estimate of drug-likeness (QED) is 0.858. The molecular weight excluding hydrogens is 290 g/mol. The molecule has 0 radical (unpaired) electrons. The van der Waals surface area contributed by atoms with Crippen molar-refractivity contribution in [1.29, 1.82) is 0 Å². The van der Waals surface area contributed by atoms with Crippen molar-refractivity contribution in [3.05, 3.63) is 22.4 Å². The molecular formula is C15H21NO4S. The minimum atomic E-state index is -0.385. The zero-order chi connectivity index (χ0) is 14.7. The van der Waals surface area contributed by atoms with Crippen molar-refractivity contribution in [3.8, 4) is 0 Å².